The third-order valence-corrected chi connectivity index (χ3v) is 2.96. The lowest BCUT2D eigenvalue weighted by Crippen LogP contribution is -2.10. The van der Waals surface area contributed by atoms with Gasteiger partial charge in [0.2, 0.25) is 0 Å². The van der Waals surface area contributed by atoms with Gasteiger partial charge in [0.25, 0.3) is 9.84 Å². The summed E-state index contributed by atoms with van der Waals surface area (Å²) in [6, 6.07) is 0. The van der Waals surface area contributed by atoms with E-state index in [1.165, 1.54) is 0 Å². The zero-order valence-electron chi connectivity index (χ0n) is 5.63. The molecule has 1 aliphatic rings. The molecule has 1 aliphatic heterocycles. The molecule has 0 aromatic heterocycles. The molecule has 0 bridgehead atoms. The Kier molecular flexibility index (Phi) is 1.81. The molecule has 1 rings (SSSR count). The molecule has 0 saturated heterocycles. The molecule has 64 valence electrons. The molecule has 0 atom stereocenters. The summed E-state index contributed by atoms with van der Waals surface area (Å²) in [5.41, 5.74) is 0. The Morgan fingerprint density at radius 1 is 1.42 bits per heavy atom. The number of hydrogen-bond donors (Lipinski definition) is 0. The van der Waals surface area contributed by atoms with Gasteiger partial charge in [-0.05, 0) is 6.08 Å². The minimum atomic E-state index is -4.12. The highest BCUT2D eigenvalue weighted by atomic mass is 32.2. The summed E-state index contributed by atoms with van der Waals surface area (Å²) < 4.78 is 21.9. The Balaban J connectivity index is 3.24. The van der Waals surface area contributed by atoms with Gasteiger partial charge >= 0.3 is 5.03 Å². The van der Waals surface area contributed by atoms with Crippen LogP contribution in [0.15, 0.2) is 22.1 Å². The van der Waals surface area contributed by atoms with Crippen LogP contribution in [0.3, 0.4) is 0 Å². The second-order valence-electron chi connectivity index (χ2n) is 1.95. The van der Waals surface area contributed by atoms with E-state index < -0.39 is 24.7 Å². The standard InChI is InChI=1S/C5H3NO5S/c7-3-4-1-2-5(6(8)9)12(4,10)11/h1-3H. The van der Waals surface area contributed by atoms with Crippen LogP contribution in [0.1, 0.15) is 0 Å². The zero-order chi connectivity index (χ0) is 9.35. The van der Waals surface area contributed by atoms with Crippen LogP contribution in [0.4, 0.5) is 0 Å². The molecule has 6 nitrogen and oxygen atoms in total. The molecular formula is C5H3NO5S. The van der Waals surface area contributed by atoms with Gasteiger partial charge < -0.3 is 0 Å². The van der Waals surface area contributed by atoms with Gasteiger partial charge in [0.15, 0.2) is 6.29 Å². The first kappa shape index (κ1) is 8.60. The SMILES string of the molecule is O=CC1=CC=C([N+](=O)[O-])S1(=O)=O. The van der Waals surface area contributed by atoms with Crippen molar-refractivity contribution in [3.05, 3.63) is 32.2 Å². The van der Waals surface area contributed by atoms with E-state index in [2.05, 4.69) is 0 Å². The normalized spacial score (nSPS) is 19.7. The van der Waals surface area contributed by atoms with Crippen LogP contribution in [0.5, 0.6) is 0 Å². The van der Waals surface area contributed by atoms with Crippen molar-refractivity contribution >= 4 is 16.1 Å². The lowest BCUT2D eigenvalue weighted by atomic mass is 10.5. The van der Waals surface area contributed by atoms with Crippen LogP contribution >= 0.6 is 0 Å². The Hall–Kier alpha value is -1.50. The average Bonchev–Trinajstić information content (AvgIpc) is 2.24. The largest absolute Gasteiger partial charge is 0.363 e. The summed E-state index contributed by atoms with van der Waals surface area (Å²) in [4.78, 5) is 18.6. The molecule has 1 heterocycles. The van der Waals surface area contributed by atoms with Crippen molar-refractivity contribution in [1.29, 1.82) is 0 Å². The highest BCUT2D eigenvalue weighted by molar-refractivity contribution is 7.99. The number of allylic oxidation sites excluding steroid dienone is 3. The van der Waals surface area contributed by atoms with E-state index in [4.69, 9.17) is 0 Å². The minimum absolute atomic E-state index is 0.0718. The number of carbonyl (C=O) groups excluding carboxylic acids is 1. The lowest BCUT2D eigenvalue weighted by molar-refractivity contribution is -0.411. The number of nitro groups is 1. The maximum atomic E-state index is 11.0. The van der Waals surface area contributed by atoms with Crippen molar-refractivity contribution in [2.75, 3.05) is 0 Å². The van der Waals surface area contributed by atoms with Gasteiger partial charge in [-0.25, -0.2) is 8.42 Å². The minimum Gasteiger partial charge on any atom is -0.297 e. The average molecular weight is 189 g/mol. The summed E-state index contributed by atoms with van der Waals surface area (Å²) in [5.74, 6) is 0. The van der Waals surface area contributed by atoms with Crippen molar-refractivity contribution < 1.29 is 18.1 Å². The fourth-order valence-electron chi connectivity index (χ4n) is 0.715. The van der Waals surface area contributed by atoms with Gasteiger partial charge in [-0.2, -0.15) is 0 Å². The van der Waals surface area contributed by atoms with Crippen molar-refractivity contribution in [3.63, 3.8) is 0 Å². The lowest BCUT2D eigenvalue weighted by Gasteiger charge is -1.92. The fourth-order valence-corrected chi connectivity index (χ4v) is 1.77. The Labute approximate surface area is 67.3 Å². The van der Waals surface area contributed by atoms with Crippen LogP contribution in [-0.4, -0.2) is 19.6 Å². The molecule has 0 radical (unpaired) electrons. The number of sulfone groups is 1. The smallest absolute Gasteiger partial charge is 0.297 e. The number of carbonyl (C=O) groups is 1. The predicted molar refractivity (Wildman–Crippen MR) is 38.1 cm³/mol. The highest BCUT2D eigenvalue weighted by Crippen LogP contribution is 2.22. The van der Waals surface area contributed by atoms with Crippen LogP contribution in [-0.2, 0) is 14.6 Å². The third-order valence-electron chi connectivity index (χ3n) is 1.27. The molecule has 0 amide bonds. The van der Waals surface area contributed by atoms with E-state index in [-0.39, 0.29) is 6.29 Å². The molecule has 0 aromatic carbocycles. The second kappa shape index (κ2) is 2.52. The molecule has 7 heteroatoms. The van der Waals surface area contributed by atoms with Crippen molar-refractivity contribution in [2.24, 2.45) is 0 Å². The Morgan fingerprint density at radius 2 is 2.00 bits per heavy atom. The molecule has 0 saturated carbocycles. The number of rotatable bonds is 2. The summed E-state index contributed by atoms with van der Waals surface area (Å²) in [5, 5.41) is 9.13. The van der Waals surface area contributed by atoms with E-state index in [0.717, 1.165) is 12.2 Å². The van der Waals surface area contributed by atoms with E-state index in [9.17, 15) is 23.3 Å². The molecule has 0 fully saturated rings. The molecule has 0 spiro atoms. The van der Waals surface area contributed by atoms with Crippen molar-refractivity contribution in [2.45, 2.75) is 0 Å². The first-order chi connectivity index (χ1) is 5.50. The monoisotopic (exact) mass is 189 g/mol. The van der Waals surface area contributed by atoms with Gasteiger partial charge in [-0.1, -0.05) is 0 Å². The van der Waals surface area contributed by atoms with Crippen LogP contribution < -0.4 is 0 Å². The molecule has 0 unspecified atom stereocenters. The zero-order valence-corrected chi connectivity index (χ0v) is 6.45. The quantitative estimate of drug-likeness (QED) is 0.335. The molecule has 0 aromatic rings. The van der Waals surface area contributed by atoms with Crippen LogP contribution in [0.25, 0.3) is 0 Å². The van der Waals surface area contributed by atoms with Crippen LogP contribution in [0, 0.1) is 10.1 Å². The maximum Gasteiger partial charge on any atom is 0.363 e. The molecule has 0 N–H and O–H groups in total. The fraction of sp³-hybridized carbons (Fsp3) is 0. The van der Waals surface area contributed by atoms with Gasteiger partial charge in [0, 0.05) is 6.08 Å². The predicted octanol–water partition coefficient (Wildman–Crippen LogP) is -0.384. The van der Waals surface area contributed by atoms with E-state index in [1.807, 2.05) is 0 Å². The molecule has 0 aliphatic carbocycles. The highest BCUT2D eigenvalue weighted by Gasteiger charge is 2.36. The first-order valence-electron chi connectivity index (χ1n) is 2.77. The number of aldehydes is 1. The Bertz CT molecular complexity index is 402. The second-order valence-corrected chi connectivity index (χ2v) is 3.85. The van der Waals surface area contributed by atoms with E-state index in [0.29, 0.717) is 0 Å². The van der Waals surface area contributed by atoms with Crippen molar-refractivity contribution in [1.82, 2.24) is 0 Å². The van der Waals surface area contributed by atoms with Gasteiger partial charge in [-0.3, -0.25) is 14.9 Å². The van der Waals surface area contributed by atoms with Gasteiger partial charge in [0.05, 0.1) is 4.92 Å². The van der Waals surface area contributed by atoms with Gasteiger partial charge in [0.1, 0.15) is 4.91 Å². The number of nitrogens with zero attached hydrogens (tertiary/aromatic N) is 1. The summed E-state index contributed by atoms with van der Waals surface area (Å²) in [6.07, 6.45) is 1.77. The molecule has 12 heavy (non-hydrogen) atoms. The van der Waals surface area contributed by atoms with E-state index in [1.54, 1.807) is 0 Å². The number of hydrogen-bond acceptors (Lipinski definition) is 5. The van der Waals surface area contributed by atoms with Crippen molar-refractivity contribution in [3.8, 4) is 0 Å². The third kappa shape index (κ3) is 1.03. The summed E-state index contributed by atoms with van der Waals surface area (Å²) >= 11 is 0. The van der Waals surface area contributed by atoms with Crippen LogP contribution in [0.2, 0.25) is 0 Å². The summed E-state index contributed by atoms with van der Waals surface area (Å²) in [6.45, 7) is 0. The van der Waals surface area contributed by atoms with Gasteiger partial charge in [-0.15, -0.1) is 0 Å². The topological polar surface area (TPSA) is 94.3 Å². The van der Waals surface area contributed by atoms with E-state index >= 15 is 0 Å². The Morgan fingerprint density at radius 3 is 2.25 bits per heavy atom. The maximum absolute atomic E-state index is 11.0. The summed E-state index contributed by atoms with van der Waals surface area (Å²) in [7, 11) is -4.12. The first-order valence-corrected chi connectivity index (χ1v) is 4.25. The molecular weight excluding hydrogens is 186 g/mol.